The fourth-order valence-electron chi connectivity index (χ4n) is 1.77. The summed E-state index contributed by atoms with van der Waals surface area (Å²) in [6, 6.07) is 19.5. The van der Waals surface area contributed by atoms with E-state index in [-0.39, 0.29) is 24.0 Å². The lowest BCUT2D eigenvalue weighted by Crippen LogP contribution is -2.13. The molecule has 0 radical (unpaired) electrons. The molecule has 0 fully saturated rings. The van der Waals surface area contributed by atoms with Crippen LogP contribution in [0.1, 0.15) is 11.1 Å². The molecule has 0 saturated heterocycles. The lowest BCUT2D eigenvalue weighted by Gasteiger charge is -2.09. The number of hydroxylamine groups is 1. The van der Waals surface area contributed by atoms with Gasteiger partial charge < -0.3 is 5.21 Å². The van der Waals surface area contributed by atoms with Crippen molar-refractivity contribution in [3.63, 3.8) is 0 Å². The monoisotopic (exact) mass is 385 g/mol. The second kappa shape index (κ2) is 8.22. The molecule has 0 heterocycles. The van der Waals surface area contributed by atoms with E-state index in [9.17, 15) is 5.21 Å². The van der Waals surface area contributed by atoms with E-state index in [0.717, 1.165) is 20.9 Å². The summed E-state index contributed by atoms with van der Waals surface area (Å²) in [7, 11) is 0. The molecule has 2 nitrogen and oxygen atoms in total. The van der Waals surface area contributed by atoms with Crippen molar-refractivity contribution in [2.45, 2.75) is 6.54 Å². The van der Waals surface area contributed by atoms with Gasteiger partial charge in [0.05, 0.1) is 5.56 Å². The maximum absolute atomic E-state index is 12.2. The van der Waals surface area contributed by atoms with E-state index in [1.807, 2.05) is 66.9 Å². The standard InChI is InChI=1S/C15H15NOS.HI/c1-18-15(14-10-6-3-7-11-14)16(17)12-13-8-4-2-5-9-13;/h2-11H,12H2,1H3;1H/b16-15-;. The predicted molar refractivity (Wildman–Crippen MR) is 93.3 cm³/mol. The molecule has 0 aromatic heterocycles. The van der Waals surface area contributed by atoms with E-state index < -0.39 is 0 Å². The third-order valence-corrected chi connectivity index (χ3v) is 3.44. The Labute approximate surface area is 135 Å². The number of halogens is 1. The van der Waals surface area contributed by atoms with E-state index in [1.165, 1.54) is 11.8 Å². The second-order valence-corrected chi connectivity index (χ2v) is 4.69. The lowest BCUT2D eigenvalue weighted by atomic mass is 10.2. The van der Waals surface area contributed by atoms with Crippen LogP contribution in [0.5, 0.6) is 0 Å². The molecule has 0 amide bonds. The quantitative estimate of drug-likeness (QED) is 0.198. The highest BCUT2D eigenvalue weighted by Gasteiger charge is 2.11. The molecule has 100 valence electrons. The van der Waals surface area contributed by atoms with Gasteiger partial charge in [0, 0.05) is 5.56 Å². The molecule has 2 rings (SSSR count). The predicted octanol–water partition coefficient (Wildman–Crippen LogP) is 4.12. The van der Waals surface area contributed by atoms with Gasteiger partial charge in [0.1, 0.15) is 0 Å². The minimum Gasteiger partial charge on any atom is -0.623 e. The van der Waals surface area contributed by atoms with Crippen molar-refractivity contribution in [1.29, 1.82) is 0 Å². The van der Waals surface area contributed by atoms with Gasteiger partial charge in [0.25, 0.3) is 5.04 Å². The van der Waals surface area contributed by atoms with Crippen molar-refractivity contribution in [1.82, 2.24) is 0 Å². The summed E-state index contributed by atoms with van der Waals surface area (Å²) in [6.45, 7) is 0.381. The van der Waals surface area contributed by atoms with Gasteiger partial charge in [-0.1, -0.05) is 60.3 Å². The van der Waals surface area contributed by atoms with Gasteiger partial charge >= 0.3 is 0 Å². The van der Waals surface area contributed by atoms with Crippen LogP contribution in [0.4, 0.5) is 0 Å². The van der Waals surface area contributed by atoms with E-state index in [1.54, 1.807) is 0 Å². The van der Waals surface area contributed by atoms with E-state index in [4.69, 9.17) is 0 Å². The zero-order valence-electron chi connectivity index (χ0n) is 10.7. The molecule has 4 heteroatoms. The molecule has 2 aromatic rings. The van der Waals surface area contributed by atoms with Gasteiger partial charge in [-0.05, 0) is 18.4 Å². The molecule has 0 aliphatic heterocycles. The van der Waals surface area contributed by atoms with Crippen LogP contribution in [-0.2, 0) is 6.54 Å². The van der Waals surface area contributed by atoms with Gasteiger partial charge in [-0.15, -0.1) is 24.0 Å². The maximum Gasteiger partial charge on any atom is 0.253 e. The van der Waals surface area contributed by atoms with E-state index in [2.05, 4.69) is 0 Å². The Hall–Kier alpha value is -1.01. The number of thioether (sulfide) groups is 1. The first-order valence-corrected chi connectivity index (χ1v) is 6.98. The summed E-state index contributed by atoms with van der Waals surface area (Å²) in [6.07, 6.45) is 1.93. The van der Waals surface area contributed by atoms with Crippen molar-refractivity contribution in [3.05, 3.63) is 77.0 Å². The summed E-state index contributed by atoms with van der Waals surface area (Å²) in [5.41, 5.74) is 1.99. The molecular weight excluding hydrogens is 369 g/mol. The lowest BCUT2D eigenvalue weighted by molar-refractivity contribution is -0.471. The van der Waals surface area contributed by atoms with Crippen LogP contribution in [0.2, 0.25) is 0 Å². The van der Waals surface area contributed by atoms with Gasteiger partial charge in [0.2, 0.25) is 0 Å². The van der Waals surface area contributed by atoms with Crippen LogP contribution in [0.25, 0.3) is 0 Å². The van der Waals surface area contributed by atoms with Crippen LogP contribution >= 0.6 is 35.7 Å². The van der Waals surface area contributed by atoms with Crippen molar-refractivity contribution < 1.29 is 4.74 Å². The third-order valence-electron chi connectivity index (χ3n) is 2.61. The van der Waals surface area contributed by atoms with Crippen molar-refractivity contribution in [2.75, 3.05) is 6.26 Å². The number of nitrogens with zero attached hydrogens (tertiary/aromatic N) is 1. The minimum absolute atomic E-state index is 0. The Kier molecular flexibility index (Phi) is 6.94. The molecular formula is C15H16INOS. The zero-order valence-corrected chi connectivity index (χ0v) is 13.8. The van der Waals surface area contributed by atoms with Gasteiger partial charge in [-0.2, -0.15) is 4.74 Å². The Morgan fingerprint density at radius 2 is 1.53 bits per heavy atom. The molecule has 0 bridgehead atoms. The number of rotatable bonds is 3. The summed E-state index contributed by atoms with van der Waals surface area (Å²) in [5.74, 6) is 0. The molecule has 0 saturated carbocycles. The summed E-state index contributed by atoms with van der Waals surface area (Å²) in [5, 5.41) is 13.0. The van der Waals surface area contributed by atoms with E-state index in [0.29, 0.717) is 6.54 Å². The summed E-state index contributed by atoms with van der Waals surface area (Å²) < 4.78 is 1.05. The highest BCUT2D eigenvalue weighted by molar-refractivity contribution is 14.0. The topological polar surface area (TPSA) is 26.1 Å². The molecule has 0 N–H and O–H groups in total. The smallest absolute Gasteiger partial charge is 0.253 e. The van der Waals surface area contributed by atoms with Gasteiger partial charge in [-0.25, -0.2) is 0 Å². The molecule has 0 spiro atoms. The number of benzene rings is 2. The van der Waals surface area contributed by atoms with Crippen molar-refractivity contribution in [2.24, 2.45) is 0 Å². The summed E-state index contributed by atoms with van der Waals surface area (Å²) in [4.78, 5) is 0. The zero-order chi connectivity index (χ0) is 12.8. The normalized spacial score (nSPS) is 11.4. The second-order valence-electron chi connectivity index (χ2n) is 3.90. The first-order valence-electron chi connectivity index (χ1n) is 5.76. The number of hydrogen-bond acceptors (Lipinski definition) is 2. The van der Waals surface area contributed by atoms with Crippen LogP contribution in [-0.4, -0.2) is 16.0 Å². The minimum atomic E-state index is 0. The Bertz CT molecular complexity index is 528. The van der Waals surface area contributed by atoms with Gasteiger partial charge in [0.15, 0.2) is 6.54 Å². The van der Waals surface area contributed by atoms with Crippen LogP contribution in [0.15, 0.2) is 60.7 Å². The van der Waals surface area contributed by atoms with Crippen LogP contribution in [0, 0.1) is 5.21 Å². The maximum atomic E-state index is 12.2. The molecule has 0 aliphatic carbocycles. The fraction of sp³-hybridized carbons (Fsp3) is 0.133. The fourth-order valence-corrected chi connectivity index (χ4v) is 2.41. The first-order chi connectivity index (χ1) is 8.81. The molecule has 0 aliphatic rings. The SMILES string of the molecule is CS/C(c1ccccc1)=[N+](\[O-])Cc1ccccc1.I. The summed E-state index contributed by atoms with van der Waals surface area (Å²) >= 11 is 1.48. The average molecular weight is 385 g/mol. The Morgan fingerprint density at radius 3 is 2.05 bits per heavy atom. The largest absolute Gasteiger partial charge is 0.623 e. The van der Waals surface area contributed by atoms with Crippen molar-refractivity contribution in [3.8, 4) is 0 Å². The third kappa shape index (κ3) is 4.54. The van der Waals surface area contributed by atoms with Crippen LogP contribution in [0.3, 0.4) is 0 Å². The molecule has 19 heavy (non-hydrogen) atoms. The Balaban J connectivity index is 0.00000180. The molecule has 0 atom stereocenters. The first kappa shape index (κ1) is 16.0. The molecule has 0 unspecified atom stereocenters. The highest BCUT2D eigenvalue weighted by atomic mass is 127. The van der Waals surface area contributed by atoms with Crippen LogP contribution < -0.4 is 0 Å². The van der Waals surface area contributed by atoms with E-state index >= 15 is 0 Å². The van der Waals surface area contributed by atoms with Gasteiger partial charge in [-0.3, -0.25) is 0 Å². The average Bonchev–Trinajstić information content (AvgIpc) is 2.42. The Morgan fingerprint density at radius 1 is 1.00 bits per heavy atom. The number of hydrogen-bond donors (Lipinski definition) is 0. The molecule has 2 aromatic carbocycles. The van der Waals surface area contributed by atoms with Crippen molar-refractivity contribution >= 4 is 40.8 Å². The highest BCUT2D eigenvalue weighted by Crippen LogP contribution is 2.12.